The first-order chi connectivity index (χ1) is 17.0. The van der Waals surface area contributed by atoms with Gasteiger partial charge in [-0.25, -0.2) is 13.4 Å². The fourth-order valence-electron chi connectivity index (χ4n) is 4.00. The number of para-hydroxylation sites is 1. The molecule has 0 spiro atoms. The maximum Gasteiger partial charge on any atom is 0.243 e. The van der Waals surface area contributed by atoms with Crippen molar-refractivity contribution in [2.75, 3.05) is 13.1 Å². The van der Waals surface area contributed by atoms with Gasteiger partial charge in [0.2, 0.25) is 10.0 Å². The van der Waals surface area contributed by atoms with Gasteiger partial charge in [-0.15, -0.1) is 11.3 Å². The molecule has 5 nitrogen and oxygen atoms in total. The van der Waals surface area contributed by atoms with Gasteiger partial charge in [0.25, 0.3) is 0 Å². The van der Waals surface area contributed by atoms with Crippen molar-refractivity contribution in [3.05, 3.63) is 101 Å². The summed E-state index contributed by atoms with van der Waals surface area (Å²) < 4.78 is 30.6. The third-order valence-corrected chi connectivity index (χ3v) is 8.43. The molecule has 0 aliphatic carbocycles. The molecular weight excluding hydrogens is 474 g/mol. The van der Waals surface area contributed by atoms with Gasteiger partial charge < -0.3 is 4.57 Å². The average molecular weight is 506 g/mol. The topological polar surface area (TPSA) is 54.7 Å². The van der Waals surface area contributed by atoms with Crippen LogP contribution in [0.25, 0.3) is 11.3 Å². The lowest BCUT2D eigenvalue weighted by Crippen LogP contribution is -2.32. The minimum Gasteiger partial charge on any atom is -0.312 e. The van der Waals surface area contributed by atoms with Crippen molar-refractivity contribution in [1.82, 2.24) is 8.87 Å². The summed E-state index contributed by atoms with van der Waals surface area (Å²) in [6.07, 6.45) is 1.57. The fraction of sp³-hybridized carbons (Fsp3) is 0.250. The normalized spacial score (nSPS) is 12.4. The SMILES string of the molecule is CCCN(CCC)S(=O)(=O)c1cccc(-c2csc(=Nc3ccccc3)n2Cc2ccccc2)c1. The van der Waals surface area contributed by atoms with Crippen molar-refractivity contribution >= 4 is 27.0 Å². The molecule has 7 heteroatoms. The molecule has 0 unspecified atom stereocenters. The van der Waals surface area contributed by atoms with Crippen molar-refractivity contribution in [2.45, 2.75) is 38.1 Å². The molecule has 0 atom stereocenters. The number of hydrogen-bond donors (Lipinski definition) is 0. The predicted molar refractivity (Wildman–Crippen MR) is 144 cm³/mol. The van der Waals surface area contributed by atoms with Gasteiger partial charge in [0.15, 0.2) is 4.80 Å². The average Bonchev–Trinajstić information content (AvgIpc) is 3.27. The first kappa shape index (κ1) is 25.1. The maximum absolute atomic E-state index is 13.4. The third kappa shape index (κ3) is 5.99. The number of thiazole rings is 1. The largest absolute Gasteiger partial charge is 0.312 e. The van der Waals surface area contributed by atoms with Gasteiger partial charge in [0, 0.05) is 24.0 Å². The van der Waals surface area contributed by atoms with Crippen LogP contribution in [0.2, 0.25) is 0 Å². The van der Waals surface area contributed by atoms with E-state index in [2.05, 4.69) is 22.1 Å². The molecule has 0 saturated heterocycles. The smallest absolute Gasteiger partial charge is 0.243 e. The molecule has 0 N–H and O–H groups in total. The number of benzene rings is 3. The van der Waals surface area contributed by atoms with Gasteiger partial charge in [-0.2, -0.15) is 4.31 Å². The van der Waals surface area contributed by atoms with Crippen LogP contribution in [0.4, 0.5) is 5.69 Å². The lowest BCUT2D eigenvalue weighted by molar-refractivity contribution is 0.410. The lowest BCUT2D eigenvalue weighted by atomic mass is 10.1. The van der Waals surface area contributed by atoms with Crippen LogP contribution in [0.1, 0.15) is 32.3 Å². The Bertz CT molecular complexity index is 1400. The fourth-order valence-corrected chi connectivity index (χ4v) is 6.60. The molecule has 182 valence electrons. The minimum atomic E-state index is -3.57. The highest BCUT2D eigenvalue weighted by Gasteiger charge is 2.23. The van der Waals surface area contributed by atoms with Crippen molar-refractivity contribution < 1.29 is 8.42 Å². The number of hydrogen-bond acceptors (Lipinski definition) is 4. The summed E-state index contributed by atoms with van der Waals surface area (Å²) in [5.74, 6) is 0. The molecular formula is C28H31N3O2S2. The number of nitrogens with zero attached hydrogens (tertiary/aromatic N) is 3. The lowest BCUT2D eigenvalue weighted by Gasteiger charge is -2.21. The van der Waals surface area contributed by atoms with E-state index in [9.17, 15) is 8.42 Å². The van der Waals surface area contributed by atoms with E-state index in [0.717, 1.165) is 40.2 Å². The maximum atomic E-state index is 13.4. The highest BCUT2D eigenvalue weighted by Crippen LogP contribution is 2.26. The van der Waals surface area contributed by atoms with E-state index in [1.807, 2.05) is 74.5 Å². The van der Waals surface area contributed by atoms with Gasteiger partial charge in [-0.3, -0.25) is 0 Å². The van der Waals surface area contributed by atoms with Crippen LogP contribution < -0.4 is 4.80 Å². The summed E-state index contributed by atoms with van der Waals surface area (Å²) in [5.41, 5.74) is 3.85. The van der Waals surface area contributed by atoms with Gasteiger partial charge in [-0.1, -0.05) is 74.5 Å². The van der Waals surface area contributed by atoms with Crippen molar-refractivity contribution in [1.29, 1.82) is 0 Å². The van der Waals surface area contributed by atoms with E-state index >= 15 is 0 Å². The molecule has 0 radical (unpaired) electrons. The van der Waals surface area contributed by atoms with Crippen LogP contribution in [0.5, 0.6) is 0 Å². The van der Waals surface area contributed by atoms with E-state index in [4.69, 9.17) is 4.99 Å². The molecule has 4 aromatic rings. The number of sulfonamides is 1. The Hall–Kier alpha value is -3.00. The summed E-state index contributed by atoms with van der Waals surface area (Å²) in [4.78, 5) is 6.08. The minimum absolute atomic E-state index is 0.330. The van der Waals surface area contributed by atoms with Crippen molar-refractivity contribution in [3.8, 4) is 11.3 Å². The monoisotopic (exact) mass is 505 g/mol. The van der Waals surface area contributed by atoms with Crippen molar-refractivity contribution in [2.24, 2.45) is 4.99 Å². The van der Waals surface area contributed by atoms with Gasteiger partial charge >= 0.3 is 0 Å². The Morgan fingerprint density at radius 1 is 0.857 bits per heavy atom. The van der Waals surface area contributed by atoms with Crippen LogP contribution >= 0.6 is 11.3 Å². The molecule has 1 aromatic heterocycles. The Morgan fingerprint density at radius 2 is 1.51 bits per heavy atom. The highest BCUT2D eigenvalue weighted by molar-refractivity contribution is 7.89. The van der Waals surface area contributed by atoms with Crippen LogP contribution in [0, 0.1) is 0 Å². The molecule has 1 heterocycles. The predicted octanol–water partition coefficient (Wildman–Crippen LogP) is 6.31. The summed E-state index contributed by atoms with van der Waals surface area (Å²) >= 11 is 1.56. The molecule has 3 aromatic carbocycles. The molecule has 0 aliphatic rings. The second-order valence-corrected chi connectivity index (χ2v) is 11.1. The van der Waals surface area contributed by atoms with Crippen LogP contribution in [-0.2, 0) is 16.6 Å². The first-order valence-electron chi connectivity index (χ1n) is 12.0. The van der Waals surface area contributed by atoms with Crippen LogP contribution in [0.15, 0.2) is 100 Å². The molecule has 4 rings (SSSR count). The Kier molecular flexibility index (Phi) is 8.33. The standard InChI is InChI=1S/C28H31N3O2S2/c1-3-18-30(19-4-2)35(32,33)26-17-11-14-24(20-26)27-22-34-28(29-25-15-9-6-10-16-25)31(27)21-23-12-7-5-8-13-23/h5-17,20,22H,3-4,18-19,21H2,1-2H3. The van der Waals surface area contributed by atoms with Crippen molar-refractivity contribution in [3.63, 3.8) is 0 Å². The second kappa shape index (κ2) is 11.6. The zero-order chi connectivity index (χ0) is 24.7. The third-order valence-electron chi connectivity index (χ3n) is 5.68. The van der Waals surface area contributed by atoms with E-state index < -0.39 is 10.0 Å². The van der Waals surface area contributed by atoms with E-state index in [0.29, 0.717) is 24.5 Å². The molecule has 0 aliphatic heterocycles. The molecule has 0 saturated carbocycles. The summed E-state index contributed by atoms with van der Waals surface area (Å²) in [6, 6.07) is 27.4. The Balaban J connectivity index is 1.81. The summed E-state index contributed by atoms with van der Waals surface area (Å²) in [6.45, 7) is 5.69. The molecule has 0 bridgehead atoms. The Morgan fingerprint density at radius 3 is 2.17 bits per heavy atom. The second-order valence-electron chi connectivity index (χ2n) is 8.35. The van der Waals surface area contributed by atoms with Crippen LogP contribution in [-0.4, -0.2) is 30.4 Å². The summed E-state index contributed by atoms with van der Waals surface area (Å²) in [7, 11) is -3.57. The van der Waals surface area contributed by atoms with E-state index in [1.54, 1.807) is 27.8 Å². The molecule has 0 fully saturated rings. The quantitative estimate of drug-likeness (QED) is 0.254. The van der Waals surface area contributed by atoms with E-state index in [1.165, 1.54) is 0 Å². The van der Waals surface area contributed by atoms with Crippen LogP contribution in [0.3, 0.4) is 0 Å². The molecule has 0 amide bonds. The van der Waals surface area contributed by atoms with E-state index in [-0.39, 0.29) is 0 Å². The zero-order valence-electron chi connectivity index (χ0n) is 20.2. The number of aromatic nitrogens is 1. The van der Waals surface area contributed by atoms with Gasteiger partial charge in [0.1, 0.15) is 0 Å². The zero-order valence-corrected chi connectivity index (χ0v) is 21.8. The van der Waals surface area contributed by atoms with Gasteiger partial charge in [-0.05, 0) is 42.7 Å². The Labute approximate surface area is 212 Å². The number of rotatable bonds is 10. The summed E-state index contributed by atoms with van der Waals surface area (Å²) in [5, 5.41) is 2.06. The highest BCUT2D eigenvalue weighted by atomic mass is 32.2. The first-order valence-corrected chi connectivity index (χ1v) is 14.3. The molecule has 35 heavy (non-hydrogen) atoms. The van der Waals surface area contributed by atoms with Gasteiger partial charge in [0.05, 0.1) is 22.8 Å².